The van der Waals surface area contributed by atoms with Gasteiger partial charge in [0.1, 0.15) is 11.4 Å². The van der Waals surface area contributed by atoms with Gasteiger partial charge in [0.15, 0.2) is 0 Å². The summed E-state index contributed by atoms with van der Waals surface area (Å²) in [6.45, 7) is 7.43. The number of rotatable bonds is 2. The van der Waals surface area contributed by atoms with Crippen LogP contribution in [0.1, 0.15) is 10.4 Å². The molecule has 1 fully saturated rings. The van der Waals surface area contributed by atoms with Gasteiger partial charge in [-0.3, -0.25) is 14.2 Å². The van der Waals surface area contributed by atoms with E-state index in [1.165, 1.54) is 27.1 Å². The second kappa shape index (κ2) is 5.81. The van der Waals surface area contributed by atoms with Gasteiger partial charge in [-0.15, -0.1) is 11.3 Å². The van der Waals surface area contributed by atoms with E-state index in [9.17, 15) is 9.59 Å². The quantitative estimate of drug-likeness (QED) is 0.806. The zero-order chi connectivity index (χ0) is 15.9. The molecule has 0 unspecified atom stereocenters. The summed E-state index contributed by atoms with van der Waals surface area (Å²) in [6.07, 6.45) is 1.50. The molecule has 0 aliphatic carbocycles. The van der Waals surface area contributed by atoms with E-state index in [-0.39, 0.29) is 18.0 Å². The number of nitrogens with zero attached hydrogens (tertiary/aromatic N) is 3. The number of quaternary nitrogens is 1. The number of carbonyl (C=O) groups is 1. The number of thiophene rings is 1. The number of piperazine rings is 1. The van der Waals surface area contributed by atoms with E-state index in [0.29, 0.717) is 5.39 Å². The topological polar surface area (TPSA) is 59.6 Å². The fourth-order valence-corrected chi connectivity index (χ4v) is 3.75. The lowest BCUT2D eigenvalue weighted by Gasteiger charge is -2.30. The van der Waals surface area contributed by atoms with Crippen LogP contribution in [-0.2, 0) is 11.3 Å². The van der Waals surface area contributed by atoms with Gasteiger partial charge in [0.05, 0.1) is 44.9 Å². The average molecular weight is 321 g/mol. The third-order valence-corrected chi connectivity index (χ3v) is 5.55. The lowest BCUT2D eigenvalue weighted by atomic mass is 10.2. The average Bonchev–Trinajstić information content (AvgIpc) is 2.78. The minimum Gasteiger partial charge on any atom is -0.334 e. The number of aryl methyl sites for hydroxylation is 2. The molecule has 1 aliphatic heterocycles. The van der Waals surface area contributed by atoms with E-state index in [4.69, 9.17) is 0 Å². The van der Waals surface area contributed by atoms with Crippen molar-refractivity contribution in [3.05, 3.63) is 27.1 Å². The van der Waals surface area contributed by atoms with Crippen LogP contribution in [0, 0.1) is 13.8 Å². The minimum atomic E-state index is -0.111. The monoisotopic (exact) mass is 321 g/mol. The van der Waals surface area contributed by atoms with Crippen LogP contribution < -0.4 is 10.5 Å². The zero-order valence-electron chi connectivity index (χ0n) is 13.2. The fourth-order valence-electron chi connectivity index (χ4n) is 2.77. The van der Waals surface area contributed by atoms with Crippen LogP contribution in [0.5, 0.6) is 0 Å². The highest BCUT2D eigenvalue weighted by Crippen LogP contribution is 2.25. The molecule has 7 heteroatoms. The van der Waals surface area contributed by atoms with Crippen LogP contribution in [0.25, 0.3) is 10.2 Å². The fraction of sp³-hybridized carbons (Fsp3) is 0.533. The molecule has 0 saturated carbocycles. The molecule has 3 rings (SSSR count). The van der Waals surface area contributed by atoms with Gasteiger partial charge >= 0.3 is 0 Å². The first-order valence-electron chi connectivity index (χ1n) is 7.51. The highest BCUT2D eigenvalue weighted by atomic mass is 32.1. The second-order valence-corrected chi connectivity index (χ2v) is 7.18. The second-order valence-electron chi connectivity index (χ2n) is 5.98. The van der Waals surface area contributed by atoms with Gasteiger partial charge in [-0.1, -0.05) is 0 Å². The molecule has 2 aromatic heterocycles. The lowest BCUT2D eigenvalue weighted by molar-refractivity contribution is -0.883. The molecule has 0 spiro atoms. The Morgan fingerprint density at radius 1 is 1.36 bits per heavy atom. The predicted molar refractivity (Wildman–Crippen MR) is 86.6 cm³/mol. The molecule has 1 aliphatic rings. The Kier molecular flexibility index (Phi) is 4.01. The Bertz CT molecular complexity index is 772. The maximum Gasteiger partial charge on any atom is 0.262 e. The first-order chi connectivity index (χ1) is 10.5. The molecule has 0 aromatic carbocycles. The molecule has 0 atom stereocenters. The third-order valence-electron chi connectivity index (χ3n) is 4.43. The van der Waals surface area contributed by atoms with E-state index in [2.05, 4.69) is 12.0 Å². The number of hydrogen-bond acceptors (Lipinski definition) is 4. The van der Waals surface area contributed by atoms with Gasteiger partial charge in [-0.2, -0.15) is 0 Å². The molecule has 1 saturated heterocycles. The van der Waals surface area contributed by atoms with Crippen molar-refractivity contribution in [2.75, 3.05) is 33.2 Å². The van der Waals surface area contributed by atoms with E-state index in [1.807, 2.05) is 18.7 Å². The van der Waals surface area contributed by atoms with Gasteiger partial charge in [0.25, 0.3) is 5.56 Å². The van der Waals surface area contributed by atoms with Crippen LogP contribution >= 0.6 is 11.3 Å². The number of hydrogen-bond donors (Lipinski definition) is 1. The molecule has 118 valence electrons. The highest BCUT2D eigenvalue weighted by Gasteiger charge is 2.22. The van der Waals surface area contributed by atoms with Crippen molar-refractivity contribution >= 4 is 27.5 Å². The SMILES string of the molecule is Cc1sc2ncn(CC(=O)N3CC[NH+](C)CC3)c(=O)c2c1C. The van der Waals surface area contributed by atoms with Crippen LogP contribution in [0.4, 0.5) is 0 Å². The number of amides is 1. The first-order valence-corrected chi connectivity index (χ1v) is 8.33. The van der Waals surface area contributed by atoms with E-state index in [0.717, 1.165) is 41.5 Å². The van der Waals surface area contributed by atoms with Crippen LogP contribution in [-0.4, -0.2) is 53.6 Å². The van der Waals surface area contributed by atoms with Crippen molar-refractivity contribution < 1.29 is 9.69 Å². The molecule has 6 nitrogen and oxygen atoms in total. The van der Waals surface area contributed by atoms with Gasteiger partial charge in [-0.05, 0) is 19.4 Å². The minimum absolute atomic E-state index is 0.000328. The van der Waals surface area contributed by atoms with Crippen molar-refractivity contribution in [3.8, 4) is 0 Å². The number of nitrogens with one attached hydrogen (secondary N) is 1. The number of fused-ring (bicyclic) bond motifs is 1. The molecule has 1 N–H and O–H groups in total. The van der Waals surface area contributed by atoms with Gasteiger partial charge in [0, 0.05) is 4.88 Å². The van der Waals surface area contributed by atoms with Crippen molar-refractivity contribution in [1.29, 1.82) is 0 Å². The summed E-state index contributed by atoms with van der Waals surface area (Å²) in [5.41, 5.74) is 0.863. The first kappa shape index (κ1) is 15.2. The Balaban J connectivity index is 1.85. The molecular formula is C15H21N4O2S+. The van der Waals surface area contributed by atoms with Crippen molar-refractivity contribution in [1.82, 2.24) is 14.5 Å². The normalized spacial score (nSPS) is 16.4. The largest absolute Gasteiger partial charge is 0.334 e. The predicted octanol–water partition coefficient (Wildman–Crippen LogP) is -0.568. The van der Waals surface area contributed by atoms with Gasteiger partial charge < -0.3 is 9.80 Å². The molecule has 3 heterocycles. The molecule has 1 amide bonds. The standard InChI is InChI=1S/C15H20N4O2S/c1-10-11(2)22-14-13(10)15(21)19(9-16-14)8-12(20)18-6-4-17(3)5-7-18/h9H,4-8H2,1-3H3/p+1. The lowest BCUT2D eigenvalue weighted by Crippen LogP contribution is -3.12. The highest BCUT2D eigenvalue weighted by molar-refractivity contribution is 7.18. The van der Waals surface area contributed by atoms with Crippen molar-refractivity contribution in [2.45, 2.75) is 20.4 Å². The number of carbonyl (C=O) groups excluding carboxylic acids is 1. The van der Waals surface area contributed by atoms with Gasteiger partial charge in [0.2, 0.25) is 5.91 Å². The maximum absolute atomic E-state index is 12.6. The summed E-state index contributed by atoms with van der Waals surface area (Å²) >= 11 is 1.53. The Hall–Kier alpha value is -1.73. The summed E-state index contributed by atoms with van der Waals surface area (Å²) < 4.78 is 1.44. The van der Waals surface area contributed by atoms with Crippen molar-refractivity contribution in [2.24, 2.45) is 0 Å². The smallest absolute Gasteiger partial charge is 0.262 e. The number of likely N-dealkylation sites (N-methyl/N-ethyl adjacent to an activating group) is 1. The molecule has 22 heavy (non-hydrogen) atoms. The maximum atomic E-state index is 12.6. The Labute approximate surface area is 133 Å². The summed E-state index contributed by atoms with van der Waals surface area (Å²) in [6, 6.07) is 0. The molecule has 0 radical (unpaired) electrons. The Morgan fingerprint density at radius 2 is 2.05 bits per heavy atom. The zero-order valence-corrected chi connectivity index (χ0v) is 14.0. The number of aromatic nitrogens is 2. The summed E-state index contributed by atoms with van der Waals surface area (Å²) in [5, 5.41) is 0.653. The Morgan fingerprint density at radius 3 is 2.73 bits per heavy atom. The third kappa shape index (κ3) is 2.66. The van der Waals surface area contributed by atoms with Crippen LogP contribution in [0.2, 0.25) is 0 Å². The molecule has 2 aromatic rings. The molecular weight excluding hydrogens is 300 g/mol. The van der Waals surface area contributed by atoms with Crippen molar-refractivity contribution in [3.63, 3.8) is 0 Å². The summed E-state index contributed by atoms with van der Waals surface area (Å²) in [5.74, 6) is 0.000328. The molecule has 0 bridgehead atoms. The van der Waals surface area contributed by atoms with E-state index in [1.54, 1.807) is 0 Å². The van der Waals surface area contributed by atoms with E-state index >= 15 is 0 Å². The van der Waals surface area contributed by atoms with Crippen LogP contribution in [0.15, 0.2) is 11.1 Å². The van der Waals surface area contributed by atoms with Gasteiger partial charge in [-0.25, -0.2) is 4.98 Å². The summed E-state index contributed by atoms with van der Waals surface area (Å²) in [7, 11) is 2.13. The van der Waals surface area contributed by atoms with Crippen LogP contribution in [0.3, 0.4) is 0 Å². The van der Waals surface area contributed by atoms with E-state index < -0.39 is 0 Å². The summed E-state index contributed by atoms with van der Waals surface area (Å²) in [4.78, 5) is 34.5.